The average Bonchev–Trinajstić information content (AvgIpc) is 3.74. The maximum atomic E-state index is 2.57. The highest BCUT2D eigenvalue weighted by Gasteiger charge is 2.45. The molecule has 1 spiro atoms. The van der Waals surface area contributed by atoms with Crippen molar-refractivity contribution in [2.24, 2.45) is 0 Å². The van der Waals surface area contributed by atoms with E-state index in [1.807, 2.05) is 0 Å². The van der Waals surface area contributed by atoms with Gasteiger partial charge in [0.15, 0.2) is 0 Å². The zero-order chi connectivity index (χ0) is 47.3. The van der Waals surface area contributed by atoms with Crippen LogP contribution >= 0.6 is 0 Å². The van der Waals surface area contributed by atoms with E-state index >= 15 is 0 Å². The second-order valence-corrected chi connectivity index (χ2v) is 22.3. The van der Waals surface area contributed by atoms with Gasteiger partial charge >= 0.3 is 0 Å². The molecule has 3 aliphatic carbocycles. The SMILES string of the molecule is CCCC1=C(C=CCN2c3ccccc3C(C)(C)c3ccccc32)c2ccc(C=Cc3ccc4c(c3)C3(CCCCC3)c3cc(N5c6ccccc6C(C)(C)c6ccccc65)ccc3-4)cc2C1(C)C. The summed E-state index contributed by atoms with van der Waals surface area (Å²) in [5, 5.41) is 0. The van der Waals surface area contributed by atoms with E-state index in [0.29, 0.717) is 0 Å². The summed E-state index contributed by atoms with van der Waals surface area (Å²) in [6.45, 7) is 17.5. The fraction of sp³-hybridized carbons (Fsp3) is 0.284. The maximum Gasteiger partial charge on any atom is 0.0502 e. The summed E-state index contributed by atoms with van der Waals surface area (Å²) in [5.74, 6) is 0. The molecule has 2 heteroatoms. The summed E-state index contributed by atoms with van der Waals surface area (Å²) in [5.41, 5.74) is 26.0. The predicted octanol–water partition coefficient (Wildman–Crippen LogP) is 18.1. The van der Waals surface area contributed by atoms with Crippen molar-refractivity contribution in [2.45, 2.75) is 115 Å². The van der Waals surface area contributed by atoms with Gasteiger partial charge in [0.1, 0.15) is 0 Å². The topological polar surface area (TPSA) is 6.48 Å². The molecule has 0 bridgehead atoms. The largest absolute Gasteiger partial charge is 0.337 e. The Morgan fingerprint density at radius 3 is 1.49 bits per heavy atom. The van der Waals surface area contributed by atoms with Gasteiger partial charge in [0.25, 0.3) is 0 Å². The molecule has 0 unspecified atom stereocenters. The number of benzene rings is 7. The van der Waals surface area contributed by atoms with E-state index in [-0.39, 0.29) is 21.7 Å². The minimum Gasteiger partial charge on any atom is -0.337 e. The zero-order valence-corrected chi connectivity index (χ0v) is 41.8. The molecule has 344 valence electrons. The minimum atomic E-state index is -0.0794. The van der Waals surface area contributed by atoms with Crippen LogP contribution in [-0.4, -0.2) is 6.54 Å². The zero-order valence-electron chi connectivity index (χ0n) is 41.8. The third-order valence-electron chi connectivity index (χ3n) is 17.3. The minimum absolute atomic E-state index is 0.0249. The molecule has 1 saturated carbocycles. The Kier molecular flexibility index (Phi) is 10.3. The van der Waals surface area contributed by atoms with Crippen molar-refractivity contribution >= 4 is 46.2 Å². The number of nitrogens with zero attached hydrogens (tertiary/aromatic N) is 2. The van der Waals surface area contributed by atoms with Gasteiger partial charge in [-0.1, -0.05) is 219 Å². The van der Waals surface area contributed by atoms with Crippen LogP contribution in [0.5, 0.6) is 0 Å². The highest BCUT2D eigenvalue weighted by molar-refractivity contribution is 5.91. The van der Waals surface area contributed by atoms with Crippen molar-refractivity contribution < 1.29 is 0 Å². The van der Waals surface area contributed by atoms with Crippen molar-refractivity contribution in [3.8, 4) is 11.1 Å². The fourth-order valence-electron chi connectivity index (χ4n) is 13.8. The van der Waals surface area contributed by atoms with Gasteiger partial charge < -0.3 is 9.80 Å². The van der Waals surface area contributed by atoms with E-state index in [1.54, 1.807) is 5.57 Å². The number of hydrogen-bond donors (Lipinski definition) is 0. The van der Waals surface area contributed by atoms with E-state index in [4.69, 9.17) is 0 Å². The lowest BCUT2D eigenvalue weighted by molar-refractivity contribution is 0.353. The van der Waals surface area contributed by atoms with Crippen molar-refractivity contribution in [1.82, 2.24) is 0 Å². The van der Waals surface area contributed by atoms with Crippen LogP contribution in [0, 0.1) is 0 Å². The van der Waals surface area contributed by atoms with E-state index in [1.165, 1.54) is 133 Å². The van der Waals surface area contributed by atoms with Crippen LogP contribution in [-0.2, 0) is 21.7 Å². The van der Waals surface area contributed by atoms with Gasteiger partial charge in [-0.15, -0.1) is 0 Å². The first-order chi connectivity index (χ1) is 33.4. The summed E-state index contributed by atoms with van der Waals surface area (Å²) in [7, 11) is 0. The molecule has 2 nitrogen and oxygen atoms in total. The van der Waals surface area contributed by atoms with Crippen LogP contribution in [0.3, 0.4) is 0 Å². The summed E-state index contributed by atoms with van der Waals surface area (Å²) in [6.07, 6.45) is 18.0. The average molecular weight is 899 g/mol. The molecule has 1 fully saturated rings. The maximum absolute atomic E-state index is 2.57. The molecule has 2 aliphatic heterocycles. The third kappa shape index (κ3) is 6.65. The Labute approximate surface area is 411 Å². The number of para-hydroxylation sites is 4. The molecule has 12 rings (SSSR count). The summed E-state index contributed by atoms with van der Waals surface area (Å²) in [4.78, 5) is 5.05. The molecule has 7 aromatic rings. The molecule has 0 aromatic heterocycles. The van der Waals surface area contributed by atoms with Crippen LogP contribution in [0.15, 0.2) is 169 Å². The Balaban J connectivity index is 0.851. The van der Waals surface area contributed by atoms with Gasteiger partial charge in [-0.25, -0.2) is 0 Å². The number of hydrogen-bond acceptors (Lipinski definition) is 2. The van der Waals surface area contributed by atoms with Crippen LogP contribution < -0.4 is 9.80 Å². The van der Waals surface area contributed by atoms with Gasteiger partial charge in [0.05, 0.1) is 11.4 Å². The first-order valence-corrected chi connectivity index (χ1v) is 25.9. The smallest absolute Gasteiger partial charge is 0.0502 e. The van der Waals surface area contributed by atoms with Crippen molar-refractivity contribution in [1.29, 1.82) is 0 Å². The molecular weight excluding hydrogens is 833 g/mol. The van der Waals surface area contributed by atoms with E-state index in [2.05, 4.69) is 234 Å². The Morgan fingerprint density at radius 1 is 0.449 bits per heavy atom. The molecule has 0 atom stereocenters. The molecule has 0 radical (unpaired) electrons. The lowest BCUT2D eigenvalue weighted by Crippen LogP contribution is -2.32. The van der Waals surface area contributed by atoms with E-state index < -0.39 is 0 Å². The Morgan fingerprint density at radius 2 is 0.928 bits per heavy atom. The number of allylic oxidation sites excluding steroid dienone is 3. The van der Waals surface area contributed by atoms with Crippen molar-refractivity contribution in [2.75, 3.05) is 16.3 Å². The molecule has 5 aliphatic rings. The quantitative estimate of drug-likeness (QED) is 0.140. The molecule has 69 heavy (non-hydrogen) atoms. The molecular formula is C67H66N2. The van der Waals surface area contributed by atoms with Gasteiger partial charge in [-0.3, -0.25) is 0 Å². The number of anilines is 5. The number of rotatable bonds is 8. The molecule has 0 amide bonds. The fourth-order valence-corrected chi connectivity index (χ4v) is 13.8. The summed E-state index contributed by atoms with van der Waals surface area (Å²) in [6, 6.07) is 58.0. The molecule has 7 aromatic carbocycles. The lowest BCUT2D eigenvalue weighted by atomic mass is 9.67. The van der Waals surface area contributed by atoms with Crippen LogP contribution in [0.1, 0.15) is 149 Å². The van der Waals surface area contributed by atoms with Gasteiger partial charge in [-0.2, -0.15) is 0 Å². The van der Waals surface area contributed by atoms with Crippen LogP contribution in [0.2, 0.25) is 0 Å². The summed E-state index contributed by atoms with van der Waals surface area (Å²) < 4.78 is 0. The standard InChI is InChI=1S/C67H66N2/c1-8-21-52-48(22-20-41-68-60-27-14-10-23-53(60)65(4,5)54-24-11-15-28-61(54)68)49-36-33-45(42-57(49)64(52,2)3)31-32-46-34-37-50-51-38-35-47(44-59(51)67(58(50)43-46)39-18-9-19-40-67)69-62-29-16-12-25-55(62)66(6,7)56-26-13-17-30-63(56)69/h10-17,20,22-38,42-44H,8-9,18-19,21,39-41H2,1-7H3. The third-order valence-corrected chi connectivity index (χ3v) is 17.3. The monoisotopic (exact) mass is 899 g/mol. The Hall–Kier alpha value is -6.64. The van der Waals surface area contributed by atoms with Crippen molar-refractivity contribution in [3.63, 3.8) is 0 Å². The van der Waals surface area contributed by atoms with Gasteiger partial charge in [-0.05, 0) is 128 Å². The molecule has 0 saturated heterocycles. The predicted molar refractivity (Wildman–Crippen MR) is 294 cm³/mol. The molecule has 0 N–H and O–H groups in total. The van der Waals surface area contributed by atoms with Crippen LogP contribution in [0.4, 0.5) is 28.4 Å². The first kappa shape index (κ1) is 43.6. The van der Waals surface area contributed by atoms with E-state index in [0.717, 1.165) is 19.4 Å². The van der Waals surface area contributed by atoms with Gasteiger partial charge in [0.2, 0.25) is 0 Å². The second kappa shape index (κ2) is 16.2. The van der Waals surface area contributed by atoms with Crippen molar-refractivity contribution in [3.05, 3.63) is 225 Å². The summed E-state index contributed by atoms with van der Waals surface area (Å²) >= 11 is 0. The van der Waals surface area contributed by atoms with E-state index in [9.17, 15) is 0 Å². The highest BCUT2D eigenvalue weighted by atomic mass is 15.2. The second-order valence-electron chi connectivity index (χ2n) is 22.3. The normalized spacial score (nSPS) is 18.5. The molecule has 2 heterocycles. The Bertz CT molecular complexity index is 3190. The highest BCUT2D eigenvalue weighted by Crippen LogP contribution is 2.59. The van der Waals surface area contributed by atoms with Gasteiger partial charge in [0, 0.05) is 45.3 Å². The lowest BCUT2D eigenvalue weighted by Gasteiger charge is -2.42. The number of fused-ring (bicyclic) bond motifs is 10. The van der Waals surface area contributed by atoms with Crippen LogP contribution in [0.25, 0.3) is 28.9 Å². The first-order valence-electron chi connectivity index (χ1n) is 25.9.